The van der Waals surface area contributed by atoms with Gasteiger partial charge in [0.25, 0.3) is 5.91 Å². The molecule has 0 fully saturated rings. The summed E-state index contributed by atoms with van der Waals surface area (Å²) in [7, 11) is 0. The van der Waals surface area contributed by atoms with E-state index in [2.05, 4.69) is 10.6 Å². The maximum absolute atomic E-state index is 13.2. The highest BCUT2D eigenvalue weighted by molar-refractivity contribution is 6.34. The van der Waals surface area contributed by atoms with Crippen LogP contribution in [0.5, 0.6) is 0 Å². The molecule has 0 unspecified atom stereocenters. The number of rotatable bonds is 3. The summed E-state index contributed by atoms with van der Waals surface area (Å²) in [4.78, 5) is 23.1. The van der Waals surface area contributed by atoms with Gasteiger partial charge in [0, 0.05) is 12.6 Å². The number of nitrogens with one attached hydrogen (secondary N) is 2. The second-order valence-corrected chi connectivity index (χ2v) is 5.28. The lowest BCUT2D eigenvalue weighted by Crippen LogP contribution is -2.17. The normalized spacial score (nSPS) is 11.0. The van der Waals surface area contributed by atoms with Gasteiger partial charge in [-0.2, -0.15) is 13.2 Å². The first-order valence-electron chi connectivity index (χ1n) is 6.73. The monoisotopic (exact) mass is 356 g/mol. The molecular weight excluding hydrogens is 345 g/mol. The number of hydrogen-bond acceptors (Lipinski definition) is 2. The van der Waals surface area contributed by atoms with Gasteiger partial charge in [-0.3, -0.25) is 9.59 Å². The summed E-state index contributed by atoms with van der Waals surface area (Å²) >= 11 is 5.87. The van der Waals surface area contributed by atoms with Crippen molar-refractivity contribution < 1.29 is 22.8 Å². The zero-order chi connectivity index (χ0) is 17.9. The molecule has 2 N–H and O–H groups in total. The van der Waals surface area contributed by atoms with Crippen LogP contribution in [0.3, 0.4) is 0 Å². The van der Waals surface area contributed by atoms with Crippen molar-refractivity contribution in [1.29, 1.82) is 0 Å². The number of carbonyl (C=O) groups excluding carboxylic acids is 2. The Morgan fingerprint density at radius 1 is 1.04 bits per heavy atom. The number of anilines is 2. The highest BCUT2D eigenvalue weighted by Crippen LogP contribution is 2.37. The van der Waals surface area contributed by atoms with Crippen LogP contribution in [-0.4, -0.2) is 11.8 Å². The highest BCUT2D eigenvalue weighted by Gasteiger charge is 2.34. The Morgan fingerprint density at radius 3 is 2.29 bits per heavy atom. The fourth-order valence-corrected chi connectivity index (χ4v) is 2.23. The van der Waals surface area contributed by atoms with E-state index < -0.39 is 29.2 Å². The smallest absolute Gasteiger partial charge is 0.326 e. The van der Waals surface area contributed by atoms with Gasteiger partial charge in [0.1, 0.15) is 0 Å². The first kappa shape index (κ1) is 17.8. The van der Waals surface area contributed by atoms with E-state index >= 15 is 0 Å². The predicted molar refractivity (Wildman–Crippen MR) is 85.2 cm³/mol. The van der Waals surface area contributed by atoms with E-state index in [1.807, 2.05) is 0 Å². The number of alkyl halides is 3. The molecule has 2 aromatic carbocycles. The molecule has 0 aromatic heterocycles. The van der Waals surface area contributed by atoms with Gasteiger partial charge < -0.3 is 10.6 Å². The second kappa shape index (κ2) is 6.92. The van der Waals surface area contributed by atoms with Crippen molar-refractivity contribution in [2.45, 2.75) is 13.1 Å². The molecule has 0 saturated heterocycles. The quantitative estimate of drug-likeness (QED) is 0.846. The lowest BCUT2D eigenvalue weighted by atomic mass is 10.1. The van der Waals surface area contributed by atoms with E-state index in [9.17, 15) is 22.8 Å². The lowest BCUT2D eigenvalue weighted by Gasteiger charge is -2.16. The van der Waals surface area contributed by atoms with E-state index in [1.54, 1.807) is 12.1 Å². The molecule has 0 bridgehead atoms. The molecule has 0 saturated carbocycles. The second-order valence-electron chi connectivity index (χ2n) is 4.87. The van der Waals surface area contributed by atoms with E-state index in [-0.39, 0.29) is 16.3 Å². The molecule has 0 spiro atoms. The average Bonchev–Trinajstić information content (AvgIpc) is 2.47. The molecule has 126 valence electrons. The zero-order valence-corrected chi connectivity index (χ0v) is 13.1. The fraction of sp³-hybridized carbons (Fsp3) is 0.125. The average molecular weight is 357 g/mol. The van der Waals surface area contributed by atoms with Crippen molar-refractivity contribution in [3.63, 3.8) is 0 Å². The minimum atomic E-state index is -4.71. The van der Waals surface area contributed by atoms with Crippen LogP contribution in [0.15, 0.2) is 42.5 Å². The van der Waals surface area contributed by atoms with Crippen LogP contribution in [0.1, 0.15) is 22.8 Å². The van der Waals surface area contributed by atoms with E-state index in [1.165, 1.54) is 25.1 Å². The standard InChI is InChI=1S/C16H12ClF3N2O2/c1-9(23)21-10-6-7-14(12(8-10)16(18,19)20)22-15(24)11-4-2-3-5-13(11)17/h2-8H,1H3,(H,21,23)(H,22,24). The maximum atomic E-state index is 13.2. The van der Waals surface area contributed by atoms with Crippen LogP contribution in [-0.2, 0) is 11.0 Å². The number of halogens is 4. The van der Waals surface area contributed by atoms with Gasteiger partial charge in [-0.05, 0) is 30.3 Å². The molecule has 2 aromatic rings. The Morgan fingerprint density at radius 2 is 1.71 bits per heavy atom. The Kier molecular flexibility index (Phi) is 5.14. The SMILES string of the molecule is CC(=O)Nc1ccc(NC(=O)c2ccccc2Cl)c(C(F)(F)F)c1. The minimum absolute atomic E-state index is 0.0226. The van der Waals surface area contributed by atoms with Crippen molar-refractivity contribution in [3.8, 4) is 0 Å². The Balaban J connectivity index is 2.37. The molecule has 0 radical (unpaired) electrons. The van der Waals surface area contributed by atoms with Gasteiger partial charge in [0.05, 0.1) is 21.8 Å². The number of amides is 2. The Hall–Kier alpha value is -2.54. The van der Waals surface area contributed by atoms with Crippen molar-refractivity contribution in [3.05, 3.63) is 58.6 Å². The van der Waals surface area contributed by atoms with Gasteiger partial charge in [-0.1, -0.05) is 23.7 Å². The molecule has 2 amide bonds. The van der Waals surface area contributed by atoms with Crippen LogP contribution in [0, 0.1) is 0 Å². The summed E-state index contributed by atoms with van der Waals surface area (Å²) in [6.07, 6.45) is -4.71. The summed E-state index contributed by atoms with van der Waals surface area (Å²) in [6, 6.07) is 9.09. The van der Waals surface area contributed by atoms with Gasteiger partial charge in [0.15, 0.2) is 0 Å². The lowest BCUT2D eigenvalue weighted by molar-refractivity contribution is -0.137. The maximum Gasteiger partial charge on any atom is 0.418 e. The van der Waals surface area contributed by atoms with Gasteiger partial charge in [0.2, 0.25) is 5.91 Å². The van der Waals surface area contributed by atoms with Crippen molar-refractivity contribution in [2.75, 3.05) is 10.6 Å². The van der Waals surface area contributed by atoms with E-state index in [4.69, 9.17) is 11.6 Å². The largest absolute Gasteiger partial charge is 0.418 e. The Bertz CT molecular complexity index is 791. The third-order valence-corrected chi connectivity index (χ3v) is 3.34. The molecule has 0 aliphatic heterocycles. The summed E-state index contributed by atoms with van der Waals surface area (Å²) in [5, 5.41) is 4.59. The molecule has 0 heterocycles. The first-order valence-corrected chi connectivity index (χ1v) is 7.11. The minimum Gasteiger partial charge on any atom is -0.326 e. The summed E-state index contributed by atoms with van der Waals surface area (Å²) in [6.45, 7) is 1.18. The van der Waals surface area contributed by atoms with Gasteiger partial charge in [-0.15, -0.1) is 0 Å². The van der Waals surface area contributed by atoms with Crippen LogP contribution in [0.2, 0.25) is 5.02 Å². The van der Waals surface area contributed by atoms with Crippen LogP contribution in [0.4, 0.5) is 24.5 Å². The molecular formula is C16H12ClF3N2O2. The topological polar surface area (TPSA) is 58.2 Å². The molecule has 0 aliphatic carbocycles. The van der Waals surface area contributed by atoms with Gasteiger partial charge >= 0.3 is 6.18 Å². The van der Waals surface area contributed by atoms with Crippen LogP contribution in [0.25, 0.3) is 0 Å². The number of hydrogen-bond donors (Lipinski definition) is 2. The van der Waals surface area contributed by atoms with Crippen molar-refractivity contribution in [2.24, 2.45) is 0 Å². The zero-order valence-electron chi connectivity index (χ0n) is 12.4. The van der Waals surface area contributed by atoms with Crippen LogP contribution < -0.4 is 10.6 Å². The summed E-state index contributed by atoms with van der Waals surface area (Å²) < 4.78 is 39.6. The molecule has 2 rings (SSSR count). The third kappa shape index (κ3) is 4.26. The Labute approximate surface area is 140 Å². The fourth-order valence-electron chi connectivity index (χ4n) is 2.00. The molecule has 24 heavy (non-hydrogen) atoms. The van der Waals surface area contributed by atoms with Crippen molar-refractivity contribution in [1.82, 2.24) is 0 Å². The third-order valence-electron chi connectivity index (χ3n) is 3.01. The highest BCUT2D eigenvalue weighted by atomic mass is 35.5. The molecule has 0 atom stereocenters. The van der Waals surface area contributed by atoms with E-state index in [0.29, 0.717) is 0 Å². The number of benzene rings is 2. The van der Waals surface area contributed by atoms with Gasteiger partial charge in [-0.25, -0.2) is 0 Å². The van der Waals surface area contributed by atoms with Crippen molar-refractivity contribution >= 4 is 34.8 Å². The van der Waals surface area contributed by atoms with E-state index in [0.717, 1.165) is 12.1 Å². The predicted octanol–water partition coefficient (Wildman–Crippen LogP) is 4.57. The molecule has 4 nitrogen and oxygen atoms in total. The summed E-state index contributed by atoms with van der Waals surface area (Å²) in [5.41, 5.74) is -1.47. The van der Waals surface area contributed by atoms with Crippen LogP contribution >= 0.6 is 11.6 Å². The molecule has 0 aliphatic rings. The number of carbonyl (C=O) groups is 2. The first-order chi connectivity index (χ1) is 11.2. The molecule has 8 heteroatoms. The summed E-state index contributed by atoms with van der Waals surface area (Å²) in [5.74, 6) is -1.27.